The van der Waals surface area contributed by atoms with Crippen LogP contribution in [-0.4, -0.2) is 13.7 Å². The number of ether oxygens (including phenoxy) is 1. The number of aryl methyl sites for hydroxylation is 1. The van der Waals surface area contributed by atoms with Crippen molar-refractivity contribution in [3.05, 3.63) is 29.5 Å². The lowest BCUT2D eigenvalue weighted by molar-refractivity contribution is 0.408. The second-order valence-electron chi connectivity index (χ2n) is 3.51. The van der Waals surface area contributed by atoms with Crippen LogP contribution in [0.4, 0.5) is 0 Å². The zero-order valence-corrected chi connectivity index (χ0v) is 9.04. The van der Waals surface area contributed by atoms with E-state index in [-0.39, 0.29) is 0 Å². The van der Waals surface area contributed by atoms with Gasteiger partial charge in [0.05, 0.1) is 7.11 Å². The standard InChI is InChI=1S/C12H15NO2/c1-8-9(6-7-13)10-4-3-5-11(14-2)12(10)15-8/h3-5H,6-7,13H2,1-2H3. The Labute approximate surface area is 88.8 Å². The maximum atomic E-state index is 5.69. The fourth-order valence-electron chi connectivity index (χ4n) is 1.88. The minimum Gasteiger partial charge on any atom is -0.493 e. The molecule has 0 bridgehead atoms. The summed E-state index contributed by atoms with van der Waals surface area (Å²) in [7, 11) is 1.65. The van der Waals surface area contributed by atoms with Crippen LogP contribution >= 0.6 is 0 Å². The van der Waals surface area contributed by atoms with Crippen LogP contribution in [0.15, 0.2) is 22.6 Å². The maximum Gasteiger partial charge on any atom is 0.176 e. The van der Waals surface area contributed by atoms with E-state index in [1.807, 2.05) is 25.1 Å². The van der Waals surface area contributed by atoms with Crippen molar-refractivity contribution in [1.29, 1.82) is 0 Å². The van der Waals surface area contributed by atoms with Crippen LogP contribution in [0, 0.1) is 6.92 Å². The van der Waals surface area contributed by atoms with E-state index in [1.165, 1.54) is 5.56 Å². The van der Waals surface area contributed by atoms with Crippen LogP contribution in [0.5, 0.6) is 5.75 Å². The highest BCUT2D eigenvalue weighted by molar-refractivity contribution is 5.87. The third kappa shape index (κ3) is 1.59. The molecule has 1 aromatic heterocycles. The van der Waals surface area contributed by atoms with Gasteiger partial charge in [-0.05, 0) is 26.0 Å². The van der Waals surface area contributed by atoms with Crippen LogP contribution in [0.1, 0.15) is 11.3 Å². The SMILES string of the molecule is COc1cccc2c(CCN)c(C)oc12. The zero-order valence-electron chi connectivity index (χ0n) is 9.04. The molecule has 0 aliphatic carbocycles. The van der Waals surface area contributed by atoms with Crippen molar-refractivity contribution in [1.82, 2.24) is 0 Å². The Bertz CT molecular complexity index is 474. The van der Waals surface area contributed by atoms with Gasteiger partial charge in [-0.15, -0.1) is 0 Å². The molecule has 0 saturated heterocycles. The number of rotatable bonds is 3. The summed E-state index contributed by atoms with van der Waals surface area (Å²) in [6.45, 7) is 2.59. The van der Waals surface area contributed by atoms with Gasteiger partial charge in [0.25, 0.3) is 0 Å². The molecule has 0 fully saturated rings. The lowest BCUT2D eigenvalue weighted by atomic mass is 10.1. The Balaban J connectivity index is 2.67. The molecule has 0 atom stereocenters. The minimum absolute atomic E-state index is 0.632. The number of nitrogens with two attached hydrogens (primary N) is 1. The van der Waals surface area contributed by atoms with Gasteiger partial charge < -0.3 is 14.9 Å². The van der Waals surface area contributed by atoms with Crippen LogP contribution < -0.4 is 10.5 Å². The highest BCUT2D eigenvalue weighted by Gasteiger charge is 2.13. The first-order chi connectivity index (χ1) is 7.27. The summed E-state index contributed by atoms with van der Waals surface area (Å²) in [6, 6.07) is 5.91. The van der Waals surface area contributed by atoms with Crippen molar-refractivity contribution in [2.75, 3.05) is 13.7 Å². The predicted molar refractivity (Wildman–Crippen MR) is 60.3 cm³/mol. The van der Waals surface area contributed by atoms with Crippen LogP contribution in [0.2, 0.25) is 0 Å². The van der Waals surface area contributed by atoms with Gasteiger partial charge >= 0.3 is 0 Å². The number of hydrogen-bond donors (Lipinski definition) is 1. The van der Waals surface area contributed by atoms with Crippen molar-refractivity contribution < 1.29 is 9.15 Å². The first-order valence-corrected chi connectivity index (χ1v) is 5.03. The van der Waals surface area contributed by atoms with Gasteiger partial charge in [-0.1, -0.05) is 12.1 Å². The monoisotopic (exact) mass is 205 g/mol. The highest BCUT2D eigenvalue weighted by Crippen LogP contribution is 2.32. The summed E-state index contributed by atoms with van der Waals surface area (Å²) in [6.07, 6.45) is 0.839. The average molecular weight is 205 g/mol. The zero-order chi connectivity index (χ0) is 10.8. The molecule has 0 unspecified atom stereocenters. The molecule has 1 heterocycles. The van der Waals surface area contributed by atoms with Gasteiger partial charge in [-0.3, -0.25) is 0 Å². The topological polar surface area (TPSA) is 48.4 Å². The van der Waals surface area contributed by atoms with Crippen LogP contribution in [-0.2, 0) is 6.42 Å². The molecular weight excluding hydrogens is 190 g/mol. The van der Waals surface area contributed by atoms with E-state index >= 15 is 0 Å². The normalized spacial score (nSPS) is 10.9. The molecule has 0 radical (unpaired) electrons. The van der Waals surface area contributed by atoms with Gasteiger partial charge in [0.15, 0.2) is 11.3 Å². The van der Waals surface area contributed by atoms with Crippen molar-refractivity contribution in [2.24, 2.45) is 5.73 Å². The van der Waals surface area contributed by atoms with Gasteiger partial charge in [-0.2, -0.15) is 0 Å². The molecule has 2 N–H and O–H groups in total. The van der Waals surface area contributed by atoms with Crippen molar-refractivity contribution in [3.8, 4) is 5.75 Å². The van der Waals surface area contributed by atoms with Gasteiger partial charge in [0.1, 0.15) is 5.76 Å². The number of furan rings is 1. The van der Waals surface area contributed by atoms with Gasteiger partial charge in [0.2, 0.25) is 0 Å². The summed E-state index contributed by atoms with van der Waals surface area (Å²) in [5.74, 6) is 1.71. The molecule has 3 heteroatoms. The molecule has 0 aliphatic heterocycles. The van der Waals surface area contributed by atoms with E-state index in [1.54, 1.807) is 7.11 Å². The van der Waals surface area contributed by atoms with E-state index in [0.717, 1.165) is 28.9 Å². The number of hydrogen-bond acceptors (Lipinski definition) is 3. The van der Waals surface area contributed by atoms with Gasteiger partial charge in [0, 0.05) is 10.9 Å². The fourth-order valence-corrected chi connectivity index (χ4v) is 1.88. The Morgan fingerprint density at radius 3 is 2.87 bits per heavy atom. The maximum absolute atomic E-state index is 5.69. The fraction of sp³-hybridized carbons (Fsp3) is 0.333. The Morgan fingerprint density at radius 2 is 2.20 bits per heavy atom. The third-order valence-corrected chi connectivity index (χ3v) is 2.60. The lowest BCUT2D eigenvalue weighted by Crippen LogP contribution is -2.02. The summed E-state index contributed by atoms with van der Waals surface area (Å²) in [4.78, 5) is 0. The molecule has 2 aromatic rings. The van der Waals surface area contributed by atoms with Crippen molar-refractivity contribution >= 4 is 11.0 Å². The largest absolute Gasteiger partial charge is 0.493 e. The van der Waals surface area contributed by atoms with E-state index in [2.05, 4.69) is 0 Å². The molecule has 3 nitrogen and oxygen atoms in total. The second-order valence-corrected chi connectivity index (χ2v) is 3.51. The quantitative estimate of drug-likeness (QED) is 0.836. The molecule has 0 saturated carbocycles. The predicted octanol–water partition coefficient (Wildman–Crippen LogP) is 2.25. The number of benzene rings is 1. The lowest BCUT2D eigenvalue weighted by Gasteiger charge is -1.99. The van der Waals surface area contributed by atoms with Crippen molar-refractivity contribution in [3.63, 3.8) is 0 Å². The first kappa shape index (κ1) is 10.1. The molecule has 15 heavy (non-hydrogen) atoms. The van der Waals surface area contributed by atoms with E-state index in [4.69, 9.17) is 14.9 Å². The van der Waals surface area contributed by atoms with Crippen molar-refractivity contribution in [2.45, 2.75) is 13.3 Å². The smallest absolute Gasteiger partial charge is 0.176 e. The van der Waals surface area contributed by atoms with Gasteiger partial charge in [-0.25, -0.2) is 0 Å². The molecule has 80 valence electrons. The third-order valence-electron chi connectivity index (χ3n) is 2.60. The average Bonchev–Trinajstić information content (AvgIpc) is 2.56. The highest BCUT2D eigenvalue weighted by atomic mass is 16.5. The Hall–Kier alpha value is -1.48. The first-order valence-electron chi connectivity index (χ1n) is 5.03. The number of methoxy groups -OCH3 is 1. The van der Waals surface area contributed by atoms with Crippen LogP contribution in [0.3, 0.4) is 0 Å². The van der Waals surface area contributed by atoms with E-state index < -0.39 is 0 Å². The molecule has 0 amide bonds. The number of fused-ring (bicyclic) bond motifs is 1. The molecule has 2 rings (SSSR count). The van der Waals surface area contributed by atoms with Crippen LogP contribution in [0.25, 0.3) is 11.0 Å². The van der Waals surface area contributed by atoms with E-state index in [0.29, 0.717) is 6.54 Å². The summed E-state index contributed by atoms with van der Waals surface area (Å²) >= 11 is 0. The molecule has 0 aliphatic rings. The summed E-state index contributed by atoms with van der Waals surface area (Å²) in [5.41, 5.74) is 7.58. The molecule has 0 spiro atoms. The molecule has 1 aromatic carbocycles. The summed E-state index contributed by atoms with van der Waals surface area (Å²) < 4.78 is 10.9. The molecular formula is C12H15NO2. The second kappa shape index (κ2) is 3.95. The Morgan fingerprint density at radius 1 is 1.40 bits per heavy atom. The Kier molecular flexibility index (Phi) is 2.64. The van der Waals surface area contributed by atoms with E-state index in [9.17, 15) is 0 Å². The summed E-state index contributed by atoms with van der Waals surface area (Å²) in [5, 5.41) is 1.11. The minimum atomic E-state index is 0.632. The number of para-hydroxylation sites is 1.